The van der Waals surface area contributed by atoms with E-state index >= 15 is 0 Å². The number of amides is 2. The third-order valence-corrected chi connectivity index (χ3v) is 4.02. The van der Waals surface area contributed by atoms with Crippen LogP contribution in [0.25, 0.3) is 0 Å². The molecule has 1 aliphatic heterocycles. The molecule has 1 saturated heterocycles. The highest BCUT2D eigenvalue weighted by atomic mass is 16.5. The third kappa shape index (κ3) is 3.09. The van der Waals surface area contributed by atoms with Crippen molar-refractivity contribution >= 4 is 17.8 Å². The first-order chi connectivity index (χ1) is 9.50. The Kier molecular flexibility index (Phi) is 4.59. The van der Waals surface area contributed by atoms with Gasteiger partial charge in [-0.1, -0.05) is 0 Å². The molecule has 1 aliphatic carbocycles. The van der Waals surface area contributed by atoms with Gasteiger partial charge in [-0.15, -0.1) is 0 Å². The molecular weight excluding hydrogens is 264 g/mol. The van der Waals surface area contributed by atoms with Crippen molar-refractivity contribution in [3.8, 4) is 0 Å². The second kappa shape index (κ2) is 6.21. The fourth-order valence-corrected chi connectivity index (χ4v) is 2.57. The Morgan fingerprint density at radius 1 is 1.20 bits per heavy atom. The Balaban J connectivity index is 1.84. The van der Waals surface area contributed by atoms with Crippen LogP contribution in [0.2, 0.25) is 0 Å². The molecule has 2 aliphatic rings. The second-order valence-corrected chi connectivity index (χ2v) is 5.32. The molecule has 2 rings (SSSR count). The van der Waals surface area contributed by atoms with Crippen LogP contribution < -0.4 is 0 Å². The van der Waals surface area contributed by atoms with Crippen LogP contribution in [-0.4, -0.2) is 72.6 Å². The summed E-state index contributed by atoms with van der Waals surface area (Å²) in [6, 6.07) is 0. The van der Waals surface area contributed by atoms with Crippen LogP contribution in [0, 0.1) is 11.8 Å². The van der Waals surface area contributed by atoms with Gasteiger partial charge in [-0.05, 0) is 12.8 Å². The number of carbonyl (C=O) groups excluding carboxylic acids is 2. The Morgan fingerprint density at radius 2 is 1.80 bits per heavy atom. The normalized spacial score (nSPS) is 25.8. The molecule has 1 saturated carbocycles. The van der Waals surface area contributed by atoms with Gasteiger partial charge < -0.3 is 19.6 Å². The maximum atomic E-state index is 12.1. The molecule has 2 fully saturated rings. The van der Waals surface area contributed by atoms with Gasteiger partial charge in [0.1, 0.15) is 0 Å². The number of likely N-dealkylation sites (N-methyl/N-ethyl adjacent to an activating group) is 1. The molecule has 0 bridgehead atoms. The SMILES string of the molecule is CN(CC(=O)N1CCOCC1)C(=O)C1CCC1C(=O)O. The van der Waals surface area contributed by atoms with Gasteiger partial charge in [-0.3, -0.25) is 14.4 Å². The van der Waals surface area contributed by atoms with Crippen LogP contribution in [0.4, 0.5) is 0 Å². The summed E-state index contributed by atoms with van der Waals surface area (Å²) in [5.74, 6) is -2.36. The number of hydrogen-bond acceptors (Lipinski definition) is 4. The molecule has 0 aromatic carbocycles. The molecular formula is C13H20N2O5. The third-order valence-electron chi connectivity index (χ3n) is 4.02. The quantitative estimate of drug-likeness (QED) is 0.746. The van der Waals surface area contributed by atoms with Gasteiger partial charge in [0.2, 0.25) is 11.8 Å². The molecule has 2 unspecified atom stereocenters. The zero-order chi connectivity index (χ0) is 14.7. The van der Waals surface area contributed by atoms with E-state index in [-0.39, 0.29) is 18.4 Å². The Hall–Kier alpha value is -1.63. The van der Waals surface area contributed by atoms with Crippen molar-refractivity contribution in [3.63, 3.8) is 0 Å². The smallest absolute Gasteiger partial charge is 0.307 e. The molecule has 7 heteroatoms. The van der Waals surface area contributed by atoms with Crippen LogP contribution in [0.15, 0.2) is 0 Å². The topological polar surface area (TPSA) is 87.2 Å². The van der Waals surface area contributed by atoms with Crippen molar-refractivity contribution in [2.24, 2.45) is 11.8 Å². The minimum absolute atomic E-state index is 0.00166. The molecule has 20 heavy (non-hydrogen) atoms. The van der Waals surface area contributed by atoms with E-state index in [1.54, 1.807) is 11.9 Å². The zero-order valence-corrected chi connectivity index (χ0v) is 11.6. The predicted molar refractivity (Wildman–Crippen MR) is 68.9 cm³/mol. The first kappa shape index (κ1) is 14.8. The lowest BCUT2D eigenvalue weighted by Crippen LogP contribution is -2.49. The number of ether oxygens (including phenoxy) is 1. The van der Waals surface area contributed by atoms with Crippen molar-refractivity contribution in [3.05, 3.63) is 0 Å². The van der Waals surface area contributed by atoms with Gasteiger partial charge in [0.05, 0.1) is 31.6 Å². The van der Waals surface area contributed by atoms with E-state index in [1.807, 2.05) is 0 Å². The zero-order valence-electron chi connectivity index (χ0n) is 11.6. The number of carboxylic acids is 1. The van der Waals surface area contributed by atoms with Gasteiger partial charge in [0, 0.05) is 20.1 Å². The van der Waals surface area contributed by atoms with Gasteiger partial charge in [-0.25, -0.2) is 0 Å². The lowest BCUT2D eigenvalue weighted by Gasteiger charge is -2.35. The number of aliphatic carboxylic acids is 1. The maximum absolute atomic E-state index is 12.1. The Morgan fingerprint density at radius 3 is 2.30 bits per heavy atom. The summed E-state index contributed by atoms with van der Waals surface area (Å²) in [6.07, 6.45) is 1.13. The number of morpholine rings is 1. The largest absolute Gasteiger partial charge is 0.481 e. The molecule has 112 valence electrons. The summed E-state index contributed by atoms with van der Waals surface area (Å²) in [4.78, 5) is 38.1. The predicted octanol–water partition coefficient (Wildman–Crippen LogP) is -0.586. The highest BCUT2D eigenvalue weighted by molar-refractivity contribution is 5.89. The van der Waals surface area contributed by atoms with E-state index in [1.165, 1.54) is 4.90 Å². The summed E-state index contributed by atoms with van der Waals surface area (Å²) in [6.45, 7) is 2.13. The lowest BCUT2D eigenvalue weighted by atomic mass is 9.73. The van der Waals surface area contributed by atoms with Crippen molar-refractivity contribution < 1.29 is 24.2 Å². The van der Waals surface area contributed by atoms with E-state index < -0.39 is 17.8 Å². The number of carboxylic acid groups (broad SMARTS) is 1. The van der Waals surface area contributed by atoms with Gasteiger partial charge in [-0.2, -0.15) is 0 Å². The first-order valence-corrected chi connectivity index (χ1v) is 6.84. The molecule has 0 spiro atoms. The van der Waals surface area contributed by atoms with Crippen molar-refractivity contribution in [1.82, 2.24) is 9.80 Å². The Labute approximate surface area is 117 Å². The minimum Gasteiger partial charge on any atom is -0.481 e. The standard InChI is InChI=1S/C13H20N2O5/c1-14(8-11(16)15-4-6-20-7-5-15)12(17)9-2-3-10(9)13(18)19/h9-10H,2-8H2,1H3,(H,18,19). The van der Waals surface area contributed by atoms with Crippen LogP contribution in [0.5, 0.6) is 0 Å². The molecule has 0 radical (unpaired) electrons. The van der Waals surface area contributed by atoms with Crippen molar-refractivity contribution in [2.75, 3.05) is 39.9 Å². The maximum Gasteiger partial charge on any atom is 0.307 e. The van der Waals surface area contributed by atoms with E-state index in [2.05, 4.69) is 0 Å². The summed E-state index contributed by atoms with van der Waals surface area (Å²) in [7, 11) is 1.55. The highest BCUT2D eigenvalue weighted by Crippen LogP contribution is 2.35. The van der Waals surface area contributed by atoms with Crippen molar-refractivity contribution in [1.29, 1.82) is 0 Å². The molecule has 0 aromatic rings. The van der Waals surface area contributed by atoms with E-state index in [0.717, 1.165) is 0 Å². The summed E-state index contributed by atoms with van der Waals surface area (Å²) in [5, 5.41) is 8.96. The highest BCUT2D eigenvalue weighted by Gasteiger charge is 2.42. The van der Waals surface area contributed by atoms with E-state index in [0.29, 0.717) is 39.1 Å². The average molecular weight is 284 g/mol. The van der Waals surface area contributed by atoms with E-state index in [4.69, 9.17) is 9.84 Å². The summed E-state index contributed by atoms with van der Waals surface area (Å²) < 4.78 is 5.17. The van der Waals surface area contributed by atoms with Gasteiger partial charge in [0.25, 0.3) is 0 Å². The monoisotopic (exact) mass is 284 g/mol. The van der Waals surface area contributed by atoms with Crippen LogP contribution in [-0.2, 0) is 19.1 Å². The van der Waals surface area contributed by atoms with Crippen molar-refractivity contribution in [2.45, 2.75) is 12.8 Å². The molecule has 2 atom stereocenters. The number of nitrogens with zero attached hydrogens (tertiary/aromatic N) is 2. The van der Waals surface area contributed by atoms with Crippen LogP contribution >= 0.6 is 0 Å². The number of rotatable bonds is 4. The van der Waals surface area contributed by atoms with Gasteiger partial charge in [0.15, 0.2) is 0 Å². The van der Waals surface area contributed by atoms with Crippen LogP contribution in [0.1, 0.15) is 12.8 Å². The first-order valence-electron chi connectivity index (χ1n) is 6.84. The average Bonchev–Trinajstić information content (AvgIpc) is 2.37. The number of carbonyl (C=O) groups is 3. The molecule has 2 amide bonds. The summed E-state index contributed by atoms with van der Waals surface area (Å²) in [5.41, 5.74) is 0. The fraction of sp³-hybridized carbons (Fsp3) is 0.769. The van der Waals surface area contributed by atoms with Gasteiger partial charge >= 0.3 is 5.97 Å². The number of hydrogen-bond donors (Lipinski definition) is 1. The molecule has 1 heterocycles. The molecule has 7 nitrogen and oxygen atoms in total. The molecule has 0 aromatic heterocycles. The van der Waals surface area contributed by atoms with Crippen LogP contribution in [0.3, 0.4) is 0 Å². The fourth-order valence-electron chi connectivity index (χ4n) is 2.57. The Bertz CT molecular complexity index is 406. The lowest BCUT2D eigenvalue weighted by molar-refractivity contribution is -0.157. The molecule has 1 N–H and O–H groups in total. The van der Waals surface area contributed by atoms with E-state index in [9.17, 15) is 14.4 Å². The minimum atomic E-state index is -0.928. The second-order valence-electron chi connectivity index (χ2n) is 5.32. The summed E-state index contributed by atoms with van der Waals surface area (Å²) >= 11 is 0.